The van der Waals surface area contributed by atoms with Gasteiger partial charge in [0.1, 0.15) is 17.4 Å². The molecule has 7 heteroatoms. The second-order valence-electron chi connectivity index (χ2n) is 5.70. The zero-order chi connectivity index (χ0) is 16.9. The van der Waals surface area contributed by atoms with Crippen molar-refractivity contribution in [1.29, 1.82) is 0 Å². The van der Waals surface area contributed by atoms with Crippen LogP contribution in [0.15, 0.2) is 18.2 Å². The molecule has 1 amide bonds. The minimum Gasteiger partial charge on any atom is -0.497 e. The molecule has 1 aromatic carbocycles. The number of hydrogen-bond acceptors (Lipinski definition) is 4. The Morgan fingerprint density at radius 1 is 1.36 bits per heavy atom. The van der Waals surface area contributed by atoms with Crippen molar-refractivity contribution in [2.75, 3.05) is 7.11 Å². The molecule has 0 bridgehead atoms. The largest absolute Gasteiger partial charge is 0.497 e. The van der Waals surface area contributed by atoms with Crippen LogP contribution in [-0.4, -0.2) is 35.9 Å². The Balaban J connectivity index is 2.85. The summed E-state index contributed by atoms with van der Waals surface area (Å²) in [5, 5.41) is 12.0. The summed E-state index contributed by atoms with van der Waals surface area (Å²) in [7, 11) is 1.50. The molecule has 0 spiro atoms. The molecule has 1 aromatic rings. The van der Waals surface area contributed by atoms with Crippen molar-refractivity contribution in [1.82, 2.24) is 5.32 Å². The van der Waals surface area contributed by atoms with Crippen LogP contribution in [0.1, 0.15) is 26.3 Å². The normalized spacial score (nSPS) is 12.4. The van der Waals surface area contributed by atoms with Crippen LogP contribution in [0.25, 0.3) is 0 Å². The third-order valence-corrected chi connectivity index (χ3v) is 3.03. The number of carboxylic acids is 1. The molecule has 0 fully saturated rings. The average Bonchev–Trinajstić information content (AvgIpc) is 2.38. The van der Waals surface area contributed by atoms with Gasteiger partial charge in [-0.05, 0) is 44.5 Å². The molecule has 0 heterocycles. The highest BCUT2D eigenvalue weighted by atomic mass is 35.5. The van der Waals surface area contributed by atoms with Gasteiger partial charge in [0.25, 0.3) is 0 Å². The van der Waals surface area contributed by atoms with E-state index < -0.39 is 23.7 Å². The van der Waals surface area contributed by atoms with Gasteiger partial charge in [-0.25, -0.2) is 9.59 Å². The molecular weight excluding hydrogens is 310 g/mol. The SMILES string of the molecule is COc1ccc(Cl)c(C[C@H](NC(=O)OC(C)(C)C)C(=O)O)c1. The first-order valence-electron chi connectivity index (χ1n) is 6.67. The van der Waals surface area contributed by atoms with Crippen molar-refractivity contribution in [2.45, 2.75) is 38.8 Å². The molecule has 0 saturated carbocycles. The average molecular weight is 330 g/mol. The summed E-state index contributed by atoms with van der Waals surface area (Å²) in [5.74, 6) is -0.620. The van der Waals surface area contributed by atoms with E-state index in [9.17, 15) is 14.7 Å². The number of amides is 1. The molecule has 1 atom stereocenters. The Labute approximate surface area is 134 Å². The first-order valence-corrected chi connectivity index (χ1v) is 7.05. The van der Waals surface area contributed by atoms with Gasteiger partial charge in [-0.15, -0.1) is 0 Å². The molecule has 0 aliphatic rings. The van der Waals surface area contributed by atoms with Gasteiger partial charge in [-0.3, -0.25) is 0 Å². The van der Waals surface area contributed by atoms with Crippen molar-refractivity contribution >= 4 is 23.7 Å². The number of ether oxygens (including phenoxy) is 2. The highest BCUT2D eigenvalue weighted by Crippen LogP contribution is 2.23. The molecular formula is C15H20ClNO5. The maximum absolute atomic E-state index is 11.7. The lowest BCUT2D eigenvalue weighted by Gasteiger charge is -2.22. The summed E-state index contributed by atoms with van der Waals surface area (Å²) in [5.41, 5.74) is -0.148. The Bertz CT molecular complexity index is 553. The van der Waals surface area contributed by atoms with Crippen LogP contribution in [-0.2, 0) is 16.0 Å². The first kappa shape index (κ1) is 18.1. The second kappa shape index (κ2) is 7.35. The molecule has 0 radical (unpaired) electrons. The summed E-state index contributed by atoms with van der Waals surface area (Å²) in [6.07, 6.45) is -0.774. The van der Waals surface area contributed by atoms with E-state index in [1.54, 1.807) is 39.0 Å². The number of halogens is 1. The Morgan fingerprint density at radius 2 is 2.00 bits per heavy atom. The molecule has 0 aliphatic carbocycles. The summed E-state index contributed by atoms with van der Waals surface area (Å²) >= 11 is 6.05. The fourth-order valence-corrected chi connectivity index (χ4v) is 1.90. The molecule has 0 saturated heterocycles. The number of aliphatic carboxylic acids is 1. The molecule has 1 rings (SSSR count). The number of carboxylic acid groups (broad SMARTS) is 1. The number of nitrogens with one attached hydrogen (secondary N) is 1. The van der Waals surface area contributed by atoms with Crippen molar-refractivity contribution in [2.24, 2.45) is 0 Å². The van der Waals surface area contributed by atoms with Gasteiger partial charge in [-0.1, -0.05) is 11.6 Å². The van der Waals surface area contributed by atoms with Gasteiger partial charge in [0, 0.05) is 11.4 Å². The summed E-state index contributed by atoms with van der Waals surface area (Å²) < 4.78 is 10.1. The lowest BCUT2D eigenvalue weighted by Crippen LogP contribution is -2.44. The number of hydrogen-bond donors (Lipinski definition) is 2. The van der Waals surface area contributed by atoms with Crippen molar-refractivity contribution in [3.05, 3.63) is 28.8 Å². The van der Waals surface area contributed by atoms with Gasteiger partial charge >= 0.3 is 12.1 Å². The number of alkyl carbamates (subject to hydrolysis) is 1. The van der Waals surface area contributed by atoms with E-state index in [4.69, 9.17) is 21.1 Å². The van der Waals surface area contributed by atoms with E-state index in [0.29, 0.717) is 16.3 Å². The number of rotatable bonds is 5. The fourth-order valence-electron chi connectivity index (χ4n) is 1.70. The predicted octanol–water partition coefficient (Wildman–Crippen LogP) is 2.87. The number of benzene rings is 1. The molecule has 0 aromatic heterocycles. The fraction of sp³-hybridized carbons (Fsp3) is 0.467. The van der Waals surface area contributed by atoms with Crippen LogP contribution in [0.3, 0.4) is 0 Å². The lowest BCUT2D eigenvalue weighted by molar-refractivity contribution is -0.139. The zero-order valence-electron chi connectivity index (χ0n) is 13.0. The van der Waals surface area contributed by atoms with Gasteiger partial charge in [0.2, 0.25) is 0 Å². The quantitative estimate of drug-likeness (QED) is 0.867. The predicted molar refractivity (Wildman–Crippen MR) is 82.5 cm³/mol. The standard InChI is InChI=1S/C15H20ClNO5/c1-15(2,3)22-14(20)17-12(13(18)19)8-9-7-10(21-4)5-6-11(9)16/h5-7,12H,8H2,1-4H3,(H,17,20)(H,18,19)/t12-/m0/s1. The van der Waals surface area contributed by atoms with Crippen molar-refractivity contribution in [3.8, 4) is 5.75 Å². The molecule has 0 aliphatic heterocycles. The maximum Gasteiger partial charge on any atom is 0.408 e. The molecule has 22 heavy (non-hydrogen) atoms. The molecule has 6 nitrogen and oxygen atoms in total. The topological polar surface area (TPSA) is 84.9 Å². The molecule has 0 unspecified atom stereocenters. The van der Waals surface area contributed by atoms with E-state index in [-0.39, 0.29) is 6.42 Å². The summed E-state index contributed by atoms with van der Waals surface area (Å²) in [6, 6.07) is 3.76. The van der Waals surface area contributed by atoms with E-state index in [0.717, 1.165) is 0 Å². The third kappa shape index (κ3) is 5.81. The van der Waals surface area contributed by atoms with Gasteiger partial charge in [-0.2, -0.15) is 0 Å². The number of carbonyl (C=O) groups excluding carboxylic acids is 1. The van der Waals surface area contributed by atoms with Crippen LogP contribution < -0.4 is 10.1 Å². The van der Waals surface area contributed by atoms with E-state index in [1.165, 1.54) is 7.11 Å². The smallest absolute Gasteiger partial charge is 0.408 e. The molecule has 2 N–H and O–H groups in total. The van der Waals surface area contributed by atoms with E-state index in [2.05, 4.69) is 5.32 Å². The second-order valence-corrected chi connectivity index (χ2v) is 6.11. The van der Waals surface area contributed by atoms with Gasteiger partial charge in [0.05, 0.1) is 7.11 Å². The summed E-state index contributed by atoms with van der Waals surface area (Å²) in [6.45, 7) is 5.09. The first-order chi connectivity index (χ1) is 10.1. The van der Waals surface area contributed by atoms with E-state index in [1.807, 2.05) is 0 Å². The molecule has 122 valence electrons. The van der Waals surface area contributed by atoms with Gasteiger partial charge < -0.3 is 19.9 Å². The third-order valence-electron chi connectivity index (χ3n) is 2.67. The maximum atomic E-state index is 11.7. The van der Waals surface area contributed by atoms with Crippen LogP contribution in [0.5, 0.6) is 5.75 Å². The Morgan fingerprint density at radius 3 is 2.50 bits per heavy atom. The van der Waals surface area contributed by atoms with Crippen molar-refractivity contribution < 1.29 is 24.2 Å². The Kier molecular flexibility index (Phi) is 6.05. The monoisotopic (exact) mass is 329 g/mol. The highest BCUT2D eigenvalue weighted by molar-refractivity contribution is 6.31. The lowest BCUT2D eigenvalue weighted by atomic mass is 10.1. The minimum atomic E-state index is -1.18. The van der Waals surface area contributed by atoms with Crippen molar-refractivity contribution in [3.63, 3.8) is 0 Å². The van der Waals surface area contributed by atoms with Crippen LogP contribution >= 0.6 is 11.6 Å². The minimum absolute atomic E-state index is 0.0185. The zero-order valence-corrected chi connectivity index (χ0v) is 13.7. The van der Waals surface area contributed by atoms with Crippen LogP contribution in [0, 0.1) is 0 Å². The van der Waals surface area contributed by atoms with E-state index >= 15 is 0 Å². The number of carbonyl (C=O) groups is 2. The highest BCUT2D eigenvalue weighted by Gasteiger charge is 2.25. The summed E-state index contributed by atoms with van der Waals surface area (Å²) in [4.78, 5) is 23.0. The Hall–Kier alpha value is -1.95. The van der Waals surface area contributed by atoms with Crippen LogP contribution in [0.2, 0.25) is 5.02 Å². The number of methoxy groups -OCH3 is 1. The van der Waals surface area contributed by atoms with Gasteiger partial charge in [0.15, 0.2) is 0 Å². The van der Waals surface area contributed by atoms with Crippen LogP contribution in [0.4, 0.5) is 4.79 Å².